The van der Waals surface area contributed by atoms with Crippen molar-refractivity contribution < 1.29 is 0 Å². The van der Waals surface area contributed by atoms with Crippen molar-refractivity contribution in [3.63, 3.8) is 0 Å². The Morgan fingerprint density at radius 1 is 1.36 bits per heavy atom. The molecule has 2 fully saturated rings. The summed E-state index contributed by atoms with van der Waals surface area (Å²) in [5.41, 5.74) is 0. The molecule has 0 amide bonds. The molecule has 3 heteroatoms. The van der Waals surface area contributed by atoms with Crippen molar-refractivity contribution in [3.8, 4) is 0 Å². The van der Waals surface area contributed by atoms with Crippen molar-refractivity contribution >= 4 is 17.3 Å². The van der Waals surface area contributed by atoms with E-state index in [4.69, 9.17) is 12.2 Å². The van der Waals surface area contributed by atoms with Crippen LogP contribution in [0.1, 0.15) is 45.4 Å². The molecule has 2 nitrogen and oxygen atoms in total. The van der Waals surface area contributed by atoms with Crippen molar-refractivity contribution in [1.29, 1.82) is 0 Å². The average molecular weight is 212 g/mol. The fraction of sp³-hybridized carbons (Fsp3) is 0.909. The van der Waals surface area contributed by atoms with E-state index in [1.54, 1.807) is 0 Å². The predicted molar refractivity (Wildman–Crippen MR) is 63.3 cm³/mol. The van der Waals surface area contributed by atoms with Gasteiger partial charge in [-0.05, 0) is 43.8 Å². The van der Waals surface area contributed by atoms with Crippen LogP contribution in [0.4, 0.5) is 0 Å². The number of rotatable bonds is 5. The van der Waals surface area contributed by atoms with Gasteiger partial charge < -0.3 is 10.6 Å². The van der Waals surface area contributed by atoms with Gasteiger partial charge in [-0.15, -0.1) is 0 Å². The lowest BCUT2D eigenvalue weighted by Gasteiger charge is -2.19. The third-order valence-corrected chi connectivity index (χ3v) is 3.29. The van der Waals surface area contributed by atoms with Gasteiger partial charge in [-0.25, -0.2) is 0 Å². The average Bonchev–Trinajstić information content (AvgIpc) is 2.97. The maximum absolute atomic E-state index is 5.26. The highest BCUT2D eigenvalue weighted by Crippen LogP contribution is 2.34. The maximum Gasteiger partial charge on any atom is 0.166 e. The Labute approximate surface area is 91.8 Å². The smallest absolute Gasteiger partial charge is 0.166 e. The van der Waals surface area contributed by atoms with E-state index >= 15 is 0 Å². The SMILES string of the molecule is CCC(CC1CC1)NC(=S)NC1CC1. The Kier molecular flexibility index (Phi) is 3.26. The van der Waals surface area contributed by atoms with E-state index < -0.39 is 0 Å². The number of hydrogen-bond acceptors (Lipinski definition) is 1. The normalized spacial score (nSPS) is 22.9. The quantitative estimate of drug-likeness (QED) is 0.683. The van der Waals surface area contributed by atoms with E-state index in [-0.39, 0.29) is 0 Å². The fourth-order valence-electron chi connectivity index (χ4n) is 1.72. The molecule has 0 bridgehead atoms. The maximum atomic E-state index is 5.26. The lowest BCUT2D eigenvalue weighted by atomic mass is 10.1. The molecule has 0 saturated heterocycles. The van der Waals surface area contributed by atoms with Crippen LogP contribution in [-0.2, 0) is 0 Å². The van der Waals surface area contributed by atoms with E-state index in [2.05, 4.69) is 17.6 Å². The first kappa shape index (κ1) is 10.2. The second-order valence-electron chi connectivity index (χ2n) is 4.68. The van der Waals surface area contributed by atoms with Gasteiger partial charge in [0.1, 0.15) is 0 Å². The summed E-state index contributed by atoms with van der Waals surface area (Å²) in [6, 6.07) is 1.27. The first-order chi connectivity index (χ1) is 6.78. The van der Waals surface area contributed by atoms with E-state index in [0.717, 1.165) is 11.0 Å². The van der Waals surface area contributed by atoms with Crippen LogP contribution in [0, 0.1) is 5.92 Å². The van der Waals surface area contributed by atoms with Crippen LogP contribution in [0.2, 0.25) is 0 Å². The van der Waals surface area contributed by atoms with Crippen molar-refractivity contribution in [2.45, 2.75) is 57.5 Å². The van der Waals surface area contributed by atoms with Gasteiger partial charge >= 0.3 is 0 Å². The van der Waals surface area contributed by atoms with Crippen LogP contribution < -0.4 is 10.6 Å². The fourth-order valence-corrected chi connectivity index (χ4v) is 2.06. The van der Waals surface area contributed by atoms with Crippen LogP contribution >= 0.6 is 12.2 Å². The minimum atomic E-state index is 0.598. The molecule has 2 saturated carbocycles. The molecule has 2 rings (SSSR count). The van der Waals surface area contributed by atoms with Gasteiger partial charge in [-0.2, -0.15) is 0 Å². The molecule has 0 aliphatic heterocycles. The molecule has 0 radical (unpaired) electrons. The zero-order chi connectivity index (χ0) is 9.97. The highest BCUT2D eigenvalue weighted by Gasteiger charge is 2.26. The number of nitrogens with one attached hydrogen (secondary N) is 2. The molecule has 80 valence electrons. The van der Waals surface area contributed by atoms with Crippen LogP contribution in [0.3, 0.4) is 0 Å². The third-order valence-electron chi connectivity index (χ3n) is 3.06. The topological polar surface area (TPSA) is 24.1 Å². The van der Waals surface area contributed by atoms with Crippen molar-refractivity contribution in [2.75, 3.05) is 0 Å². The minimum Gasteiger partial charge on any atom is -0.360 e. The predicted octanol–water partition coefficient (Wildman–Crippen LogP) is 2.19. The van der Waals surface area contributed by atoms with Crippen molar-refractivity contribution in [1.82, 2.24) is 10.6 Å². The second-order valence-corrected chi connectivity index (χ2v) is 5.08. The first-order valence-corrected chi connectivity index (χ1v) is 6.25. The summed E-state index contributed by atoms with van der Waals surface area (Å²) in [5, 5.41) is 7.64. The highest BCUT2D eigenvalue weighted by molar-refractivity contribution is 7.80. The number of thiocarbonyl (C=S) groups is 1. The van der Waals surface area contributed by atoms with Gasteiger partial charge in [-0.1, -0.05) is 19.8 Å². The van der Waals surface area contributed by atoms with Gasteiger partial charge in [0.25, 0.3) is 0 Å². The minimum absolute atomic E-state index is 0.598. The largest absolute Gasteiger partial charge is 0.360 e. The van der Waals surface area contributed by atoms with Crippen LogP contribution in [0.15, 0.2) is 0 Å². The highest BCUT2D eigenvalue weighted by atomic mass is 32.1. The Morgan fingerprint density at radius 2 is 2.07 bits per heavy atom. The van der Waals surface area contributed by atoms with Crippen LogP contribution in [-0.4, -0.2) is 17.2 Å². The molecular weight excluding hydrogens is 192 g/mol. The molecular formula is C11H20N2S. The van der Waals surface area contributed by atoms with Gasteiger partial charge in [0.05, 0.1) is 0 Å². The van der Waals surface area contributed by atoms with Gasteiger partial charge in [-0.3, -0.25) is 0 Å². The first-order valence-electron chi connectivity index (χ1n) is 5.85. The molecule has 0 aromatic heterocycles. The number of hydrogen-bond donors (Lipinski definition) is 2. The molecule has 2 aliphatic carbocycles. The molecule has 2 aliphatic rings. The molecule has 0 aromatic rings. The Morgan fingerprint density at radius 3 is 2.57 bits per heavy atom. The van der Waals surface area contributed by atoms with Gasteiger partial charge in [0.2, 0.25) is 0 Å². The standard InChI is InChI=1S/C11H20N2S/c1-2-9(7-8-3-4-8)12-11(14)13-10-5-6-10/h8-10H,2-7H2,1H3,(H2,12,13,14). The molecule has 1 atom stereocenters. The van der Waals surface area contributed by atoms with E-state index in [1.807, 2.05) is 0 Å². The molecule has 2 N–H and O–H groups in total. The molecule has 0 aromatic carbocycles. The Bertz CT molecular complexity index is 209. The second kappa shape index (κ2) is 4.47. The van der Waals surface area contributed by atoms with Gasteiger partial charge in [0, 0.05) is 12.1 Å². The van der Waals surface area contributed by atoms with E-state index in [9.17, 15) is 0 Å². The van der Waals surface area contributed by atoms with Crippen molar-refractivity contribution in [3.05, 3.63) is 0 Å². The lowest BCUT2D eigenvalue weighted by Crippen LogP contribution is -2.42. The Balaban J connectivity index is 1.65. The zero-order valence-corrected chi connectivity index (χ0v) is 9.70. The van der Waals surface area contributed by atoms with Crippen LogP contribution in [0.5, 0.6) is 0 Å². The summed E-state index contributed by atoms with van der Waals surface area (Å²) in [7, 11) is 0. The van der Waals surface area contributed by atoms with E-state index in [0.29, 0.717) is 12.1 Å². The third kappa shape index (κ3) is 3.45. The molecule has 1 unspecified atom stereocenters. The summed E-state index contributed by atoms with van der Waals surface area (Å²) in [6.07, 6.45) is 7.94. The lowest BCUT2D eigenvalue weighted by molar-refractivity contribution is 0.507. The summed E-state index contributed by atoms with van der Waals surface area (Å²) < 4.78 is 0. The van der Waals surface area contributed by atoms with Crippen molar-refractivity contribution in [2.24, 2.45) is 5.92 Å². The van der Waals surface area contributed by atoms with E-state index in [1.165, 1.54) is 38.5 Å². The zero-order valence-electron chi connectivity index (χ0n) is 8.88. The van der Waals surface area contributed by atoms with Crippen LogP contribution in [0.25, 0.3) is 0 Å². The summed E-state index contributed by atoms with van der Waals surface area (Å²) in [5.74, 6) is 0.983. The Hall–Kier alpha value is -0.310. The molecule has 0 heterocycles. The van der Waals surface area contributed by atoms with Gasteiger partial charge in [0.15, 0.2) is 5.11 Å². The summed E-state index contributed by atoms with van der Waals surface area (Å²) >= 11 is 5.26. The summed E-state index contributed by atoms with van der Waals surface area (Å²) in [6.45, 7) is 2.24. The monoisotopic (exact) mass is 212 g/mol. The molecule has 0 spiro atoms. The summed E-state index contributed by atoms with van der Waals surface area (Å²) in [4.78, 5) is 0. The molecule has 14 heavy (non-hydrogen) atoms.